The van der Waals surface area contributed by atoms with Crippen LogP contribution in [-0.4, -0.2) is 22.7 Å². The Bertz CT molecular complexity index is 1310. The standard InChI is InChI=1S/C24H17ClN4O6/c25-19-14-18(29(33)34)10-11-20(19)28-23(31)22(15-4-2-1-3-5-15)35-24(32)16-6-8-17(9-7-16)27-21(30)12-13-26/h1-11,14,22H,12H2,(H,27,30)(H,28,31)/t22-/m1/s1. The lowest BCUT2D eigenvalue weighted by Gasteiger charge is -2.18. The molecule has 3 aromatic rings. The summed E-state index contributed by atoms with van der Waals surface area (Å²) in [6, 6.07) is 19.3. The minimum Gasteiger partial charge on any atom is -0.444 e. The molecule has 11 heteroatoms. The Hall–Kier alpha value is -4.75. The van der Waals surface area contributed by atoms with Crippen LogP contribution in [0.25, 0.3) is 0 Å². The lowest BCUT2D eigenvalue weighted by atomic mass is 10.1. The summed E-state index contributed by atoms with van der Waals surface area (Å²) >= 11 is 6.07. The number of halogens is 1. The number of amides is 2. The smallest absolute Gasteiger partial charge is 0.339 e. The fourth-order valence-electron chi connectivity index (χ4n) is 2.96. The van der Waals surface area contributed by atoms with E-state index in [1.807, 2.05) is 0 Å². The number of hydrogen-bond donors (Lipinski definition) is 2. The maximum atomic E-state index is 13.0. The summed E-state index contributed by atoms with van der Waals surface area (Å²) in [6.45, 7) is 0. The fourth-order valence-corrected chi connectivity index (χ4v) is 3.18. The number of nitro groups is 1. The van der Waals surface area contributed by atoms with Crippen LogP contribution in [0.3, 0.4) is 0 Å². The molecule has 3 aromatic carbocycles. The predicted molar refractivity (Wildman–Crippen MR) is 127 cm³/mol. The number of carbonyl (C=O) groups excluding carboxylic acids is 3. The number of anilines is 2. The van der Waals surface area contributed by atoms with E-state index in [0.29, 0.717) is 11.3 Å². The molecule has 3 rings (SSSR count). The molecule has 2 N–H and O–H groups in total. The van der Waals surface area contributed by atoms with Gasteiger partial charge in [0.25, 0.3) is 11.6 Å². The van der Waals surface area contributed by atoms with Crippen molar-refractivity contribution in [3.05, 3.63) is 99.1 Å². The Kier molecular flexibility index (Phi) is 8.11. The zero-order chi connectivity index (χ0) is 25.4. The van der Waals surface area contributed by atoms with Crippen LogP contribution in [0.1, 0.15) is 28.4 Å². The largest absolute Gasteiger partial charge is 0.444 e. The minimum absolute atomic E-state index is 0.0558. The number of rotatable bonds is 8. The van der Waals surface area contributed by atoms with Crippen molar-refractivity contribution in [2.45, 2.75) is 12.5 Å². The van der Waals surface area contributed by atoms with Crippen LogP contribution in [0.5, 0.6) is 0 Å². The van der Waals surface area contributed by atoms with Crippen molar-refractivity contribution in [2.75, 3.05) is 10.6 Å². The van der Waals surface area contributed by atoms with Gasteiger partial charge in [-0.25, -0.2) is 4.79 Å². The number of hydrogen-bond acceptors (Lipinski definition) is 7. The average Bonchev–Trinajstić information content (AvgIpc) is 2.84. The van der Waals surface area contributed by atoms with E-state index in [9.17, 15) is 24.5 Å². The molecule has 176 valence electrons. The minimum atomic E-state index is -1.36. The third-order valence-electron chi connectivity index (χ3n) is 4.63. The Morgan fingerprint density at radius 3 is 2.31 bits per heavy atom. The van der Waals surface area contributed by atoms with Crippen molar-refractivity contribution >= 4 is 46.4 Å². The van der Waals surface area contributed by atoms with Crippen LogP contribution in [0.2, 0.25) is 5.02 Å². The highest BCUT2D eigenvalue weighted by molar-refractivity contribution is 6.34. The van der Waals surface area contributed by atoms with Gasteiger partial charge in [-0.1, -0.05) is 41.9 Å². The Balaban J connectivity index is 1.79. The number of nitro benzene ring substituents is 1. The van der Waals surface area contributed by atoms with Gasteiger partial charge in [0.2, 0.25) is 12.0 Å². The molecule has 35 heavy (non-hydrogen) atoms. The van der Waals surface area contributed by atoms with Crippen LogP contribution in [-0.2, 0) is 14.3 Å². The van der Waals surface area contributed by atoms with Crippen molar-refractivity contribution in [1.29, 1.82) is 5.26 Å². The van der Waals surface area contributed by atoms with E-state index in [0.717, 1.165) is 6.07 Å². The van der Waals surface area contributed by atoms with Crippen LogP contribution < -0.4 is 10.6 Å². The molecule has 0 unspecified atom stereocenters. The Morgan fingerprint density at radius 2 is 1.71 bits per heavy atom. The lowest BCUT2D eigenvalue weighted by molar-refractivity contribution is -0.384. The van der Waals surface area contributed by atoms with Gasteiger partial charge >= 0.3 is 5.97 Å². The number of nitrogens with one attached hydrogen (secondary N) is 2. The molecule has 0 saturated heterocycles. The zero-order valence-electron chi connectivity index (χ0n) is 17.9. The second kappa shape index (κ2) is 11.4. The number of carbonyl (C=O) groups is 3. The number of benzene rings is 3. The van der Waals surface area contributed by atoms with E-state index in [-0.39, 0.29) is 28.4 Å². The monoisotopic (exact) mass is 492 g/mol. The highest BCUT2D eigenvalue weighted by Gasteiger charge is 2.26. The molecule has 2 amide bonds. The molecular formula is C24H17ClN4O6. The molecule has 0 saturated carbocycles. The molecule has 0 aliphatic rings. The third-order valence-corrected chi connectivity index (χ3v) is 4.94. The fraction of sp³-hybridized carbons (Fsp3) is 0.0833. The highest BCUT2D eigenvalue weighted by Crippen LogP contribution is 2.29. The number of nitriles is 1. The molecular weight excluding hydrogens is 476 g/mol. The summed E-state index contributed by atoms with van der Waals surface area (Å²) in [5.74, 6) is -2.02. The van der Waals surface area contributed by atoms with Gasteiger partial charge in [0.1, 0.15) is 6.42 Å². The summed E-state index contributed by atoms with van der Waals surface area (Å²) in [6.07, 6.45) is -1.67. The van der Waals surface area contributed by atoms with Crippen LogP contribution >= 0.6 is 11.6 Å². The predicted octanol–water partition coefficient (Wildman–Crippen LogP) is 4.64. The van der Waals surface area contributed by atoms with E-state index in [4.69, 9.17) is 21.6 Å². The number of esters is 1. The van der Waals surface area contributed by atoms with Crippen molar-refractivity contribution in [3.8, 4) is 6.07 Å². The molecule has 0 fully saturated rings. The molecule has 0 bridgehead atoms. The molecule has 0 aliphatic carbocycles. The van der Waals surface area contributed by atoms with E-state index >= 15 is 0 Å². The number of nitrogens with zero attached hydrogens (tertiary/aromatic N) is 2. The molecule has 0 radical (unpaired) electrons. The van der Waals surface area contributed by atoms with E-state index in [1.54, 1.807) is 36.4 Å². The second-order valence-electron chi connectivity index (χ2n) is 7.07. The Labute approximate surface area is 204 Å². The van der Waals surface area contributed by atoms with Crippen molar-refractivity contribution < 1.29 is 24.0 Å². The van der Waals surface area contributed by atoms with Gasteiger partial charge in [-0.05, 0) is 30.3 Å². The van der Waals surface area contributed by atoms with Crippen LogP contribution in [0.4, 0.5) is 17.1 Å². The van der Waals surface area contributed by atoms with Gasteiger partial charge in [0.05, 0.1) is 27.3 Å². The summed E-state index contributed by atoms with van der Waals surface area (Å²) in [7, 11) is 0. The maximum absolute atomic E-state index is 13.0. The average molecular weight is 493 g/mol. The number of ether oxygens (including phenoxy) is 1. The van der Waals surface area contributed by atoms with E-state index in [1.165, 1.54) is 36.4 Å². The van der Waals surface area contributed by atoms with Crippen molar-refractivity contribution in [3.63, 3.8) is 0 Å². The Morgan fingerprint density at radius 1 is 1.03 bits per heavy atom. The van der Waals surface area contributed by atoms with Gasteiger partial charge in [0.15, 0.2) is 0 Å². The molecule has 1 atom stereocenters. The van der Waals surface area contributed by atoms with Gasteiger partial charge < -0.3 is 15.4 Å². The van der Waals surface area contributed by atoms with Crippen molar-refractivity contribution in [2.24, 2.45) is 0 Å². The summed E-state index contributed by atoms with van der Waals surface area (Å²) < 4.78 is 5.49. The first kappa shape index (κ1) is 24.9. The first-order valence-electron chi connectivity index (χ1n) is 10.1. The normalized spacial score (nSPS) is 11.0. The van der Waals surface area contributed by atoms with E-state index in [2.05, 4.69) is 10.6 Å². The quantitative estimate of drug-likeness (QED) is 0.264. The SMILES string of the molecule is N#CCC(=O)Nc1ccc(C(=O)O[C@@H](C(=O)Nc2ccc([N+](=O)[O-])cc2Cl)c2ccccc2)cc1. The van der Waals surface area contributed by atoms with Crippen LogP contribution in [0.15, 0.2) is 72.8 Å². The molecule has 0 aliphatic heterocycles. The summed E-state index contributed by atoms with van der Waals surface area (Å²) in [5.41, 5.74) is 0.747. The van der Waals surface area contributed by atoms with Crippen LogP contribution in [0, 0.1) is 21.4 Å². The molecule has 10 nitrogen and oxygen atoms in total. The second-order valence-corrected chi connectivity index (χ2v) is 7.47. The number of non-ortho nitro benzene ring substituents is 1. The summed E-state index contributed by atoms with van der Waals surface area (Å²) in [5, 5.41) is 24.4. The van der Waals surface area contributed by atoms with Gasteiger partial charge in [-0.3, -0.25) is 19.7 Å². The topological polar surface area (TPSA) is 151 Å². The third kappa shape index (κ3) is 6.63. The highest BCUT2D eigenvalue weighted by atomic mass is 35.5. The first-order valence-corrected chi connectivity index (χ1v) is 10.4. The van der Waals surface area contributed by atoms with Gasteiger partial charge in [0, 0.05) is 23.4 Å². The molecule has 0 spiro atoms. The van der Waals surface area contributed by atoms with Crippen molar-refractivity contribution in [1.82, 2.24) is 0 Å². The maximum Gasteiger partial charge on any atom is 0.339 e. The first-order chi connectivity index (χ1) is 16.8. The van der Waals surface area contributed by atoms with Gasteiger partial charge in [-0.15, -0.1) is 0 Å². The van der Waals surface area contributed by atoms with E-state index < -0.39 is 28.8 Å². The summed E-state index contributed by atoms with van der Waals surface area (Å²) in [4.78, 5) is 47.6. The lowest BCUT2D eigenvalue weighted by Crippen LogP contribution is -2.26. The van der Waals surface area contributed by atoms with Gasteiger partial charge in [-0.2, -0.15) is 5.26 Å². The zero-order valence-corrected chi connectivity index (χ0v) is 18.7. The molecule has 0 heterocycles. The molecule has 0 aromatic heterocycles.